The highest BCUT2D eigenvalue weighted by atomic mass is 127. The number of halogens is 2. The van der Waals surface area contributed by atoms with Crippen LogP contribution in [0.4, 0.5) is 4.39 Å². The molecule has 0 radical (unpaired) electrons. The molecule has 0 heterocycles. The van der Waals surface area contributed by atoms with Gasteiger partial charge in [0.1, 0.15) is 5.82 Å². The van der Waals surface area contributed by atoms with Crippen LogP contribution in [0.3, 0.4) is 0 Å². The van der Waals surface area contributed by atoms with Crippen molar-refractivity contribution in [3.8, 4) is 0 Å². The maximum atomic E-state index is 13.0. The van der Waals surface area contributed by atoms with Gasteiger partial charge in [-0.05, 0) is 44.5 Å². The second-order valence-electron chi connectivity index (χ2n) is 6.16. The van der Waals surface area contributed by atoms with Crippen LogP contribution in [0.15, 0.2) is 29.3 Å². The summed E-state index contributed by atoms with van der Waals surface area (Å²) in [5.41, 5.74) is 1.06. The number of rotatable bonds is 6. The molecule has 0 saturated heterocycles. The Balaban J connectivity index is 0.00000264. The predicted molar refractivity (Wildman–Crippen MR) is 105 cm³/mol. The average Bonchev–Trinajstić information content (AvgIpc) is 3.34. The first kappa shape index (κ1) is 20.2. The number of nitrogens with one attached hydrogen (secondary N) is 1. The normalized spacial score (nSPS) is 16.0. The van der Waals surface area contributed by atoms with E-state index in [1.807, 2.05) is 19.2 Å². The molecule has 1 aliphatic carbocycles. The summed E-state index contributed by atoms with van der Waals surface area (Å²) in [6.07, 6.45) is 2.64. The van der Waals surface area contributed by atoms with E-state index >= 15 is 0 Å². The van der Waals surface area contributed by atoms with Crippen LogP contribution in [0, 0.1) is 5.82 Å². The van der Waals surface area contributed by atoms with E-state index < -0.39 is 0 Å². The van der Waals surface area contributed by atoms with Crippen molar-refractivity contribution in [2.45, 2.75) is 38.4 Å². The number of nitrogens with zero attached hydrogens (tertiary/aromatic N) is 3. The van der Waals surface area contributed by atoms with Gasteiger partial charge in [-0.2, -0.15) is 0 Å². The van der Waals surface area contributed by atoms with Crippen LogP contribution in [0.1, 0.15) is 25.3 Å². The lowest BCUT2D eigenvalue weighted by molar-refractivity contribution is 0.246. The Hall–Kier alpha value is -0.890. The Morgan fingerprint density at radius 2 is 1.91 bits per heavy atom. The molecule has 0 aromatic heterocycles. The van der Waals surface area contributed by atoms with Crippen LogP contribution in [-0.4, -0.2) is 55.5 Å². The molecule has 23 heavy (non-hydrogen) atoms. The minimum atomic E-state index is -0.203. The molecule has 1 fully saturated rings. The molecule has 6 heteroatoms. The molecule has 0 spiro atoms. The van der Waals surface area contributed by atoms with Crippen molar-refractivity contribution in [2.75, 3.05) is 27.7 Å². The molecule has 0 bridgehead atoms. The van der Waals surface area contributed by atoms with Crippen molar-refractivity contribution in [1.82, 2.24) is 15.1 Å². The summed E-state index contributed by atoms with van der Waals surface area (Å²) in [5.74, 6) is 0.659. The smallest absolute Gasteiger partial charge is 0.193 e. The van der Waals surface area contributed by atoms with Gasteiger partial charge in [0, 0.05) is 39.3 Å². The molecule has 1 unspecified atom stereocenters. The van der Waals surface area contributed by atoms with Crippen molar-refractivity contribution < 1.29 is 4.39 Å². The van der Waals surface area contributed by atoms with E-state index in [9.17, 15) is 4.39 Å². The highest BCUT2D eigenvalue weighted by Crippen LogP contribution is 2.26. The molecule has 0 amide bonds. The van der Waals surface area contributed by atoms with E-state index in [1.54, 1.807) is 7.05 Å². The largest absolute Gasteiger partial charge is 0.355 e. The molecule has 1 N–H and O–H groups in total. The van der Waals surface area contributed by atoms with E-state index in [2.05, 4.69) is 34.1 Å². The van der Waals surface area contributed by atoms with Crippen molar-refractivity contribution in [3.05, 3.63) is 35.6 Å². The Morgan fingerprint density at radius 3 is 2.43 bits per heavy atom. The van der Waals surface area contributed by atoms with Crippen LogP contribution < -0.4 is 5.32 Å². The third kappa shape index (κ3) is 6.25. The fraction of sp³-hybridized carbons (Fsp3) is 0.588. The molecule has 130 valence electrons. The maximum absolute atomic E-state index is 13.0. The molecular formula is C17H28FIN4. The molecular weight excluding hydrogens is 406 g/mol. The van der Waals surface area contributed by atoms with Crippen LogP contribution in [0.2, 0.25) is 0 Å². The minimum absolute atomic E-state index is 0. The first-order chi connectivity index (χ1) is 10.5. The Bertz CT molecular complexity index is 502. The topological polar surface area (TPSA) is 30.9 Å². The Morgan fingerprint density at radius 1 is 1.30 bits per heavy atom. The number of guanidine groups is 1. The molecule has 2 rings (SSSR count). The molecule has 4 nitrogen and oxygen atoms in total. The molecule has 0 aliphatic heterocycles. The zero-order valence-corrected chi connectivity index (χ0v) is 16.8. The molecule has 1 atom stereocenters. The standard InChI is InChI=1S/C17H27FN4.HI/c1-13(22(4)16-9-10-16)11-20-17(19-2)21(3)12-14-5-7-15(18)8-6-14;/h5-8,13,16H,9-12H2,1-4H3,(H,19,20);1H. The first-order valence-electron chi connectivity index (χ1n) is 7.89. The summed E-state index contributed by atoms with van der Waals surface area (Å²) in [6.45, 7) is 3.80. The zero-order valence-electron chi connectivity index (χ0n) is 14.4. The molecule has 1 aromatic rings. The van der Waals surface area contributed by atoms with Crippen LogP contribution in [-0.2, 0) is 6.54 Å². The first-order valence-corrected chi connectivity index (χ1v) is 7.89. The van der Waals surface area contributed by atoms with Gasteiger partial charge < -0.3 is 10.2 Å². The van der Waals surface area contributed by atoms with Crippen molar-refractivity contribution in [3.63, 3.8) is 0 Å². The van der Waals surface area contributed by atoms with E-state index in [0.29, 0.717) is 12.6 Å². The van der Waals surface area contributed by atoms with Gasteiger partial charge in [-0.3, -0.25) is 9.89 Å². The number of aliphatic imine (C=N–C) groups is 1. The highest BCUT2D eigenvalue weighted by molar-refractivity contribution is 14.0. The summed E-state index contributed by atoms with van der Waals surface area (Å²) >= 11 is 0. The van der Waals surface area contributed by atoms with E-state index in [1.165, 1.54) is 25.0 Å². The Labute approximate surface area is 156 Å². The van der Waals surface area contributed by atoms with Gasteiger partial charge in [-0.15, -0.1) is 24.0 Å². The third-order valence-electron chi connectivity index (χ3n) is 4.28. The van der Waals surface area contributed by atoms with Gasteiger partial charge in [-0.25, -0.2) is 4.39 Å². The van der Waals surface area contributed by atoms with Gasteiger partial charge in [0.25, 0.3) is 0 Å². The summed E-state index contributed by atoms with van der Waals surface area (Å²) in [5, 5.41) is 3.42. The fourth-order valence-electron chi connectivity index (χ4n) is 2.55. The minimum Gasteiger partial charge on any atom is -0.355 e. The van der Waals surface area contributed by atoms with Crippen LogP contribution in [0.25, 0.3) is 0 Å². The van der Waals surface area contributed by atoms with E-state index in [0.717, 1.165) is 24.1 Å². The lowest BCUT2D eigenvalue weighted by Crippen LogP contribution is -2.45. The summed E-state index contributed by atoms with van der Waals surface area (Å²) in [6, 6.07) is 7.84. The van der Waals surface area contributed by atoms with Gasteiger partial charge in [0.2, 0.25) is 0 Å². The third-order valence-corrected chi connectivity index (χ3v) is 4.28. The lowest BCUT2D eigenvalue weighted by atomic mass is 10.2. The summed E-state index contributed by atoms with van der Waals surface area (Å²) in [4.78, 5) is 8.82. The second kappa shape index (κ2) is 9.42. The molecule has 1 aliphatic rings. The van der Waals surface area contributed by atoms with Crippen molar-refractivity contribution in [2.24, 2.45) is 4.99 Å². The monoisotopic (exact) mass is 434 g/mol. The van der Waals surface area contributed by atoms with Crippen molar-refractivity contribution in [1.29, 1.82) is 0 Å². The van der Waals surface area contributed by atoms with Gasteiger partial charge in [-0.1, -0.05) is 12.1 Å². The SMILES string of the molecule is CN=C(NCC(C)N(C)C1CC1)N(C)Cc1ccc(F)cc1.I. The fourth-order valence-corrected chi connectivity index (χ4v) is 2.55. The highest BCUT2D eigenvalue weighted by Gasteiger charge is 2.29. The zero-order chi connectivity index (χ0) is 16.1. The number of likely N-dealkylation sites (N-methyl/N-ethyl adjacent to an activating group) is 1. The number of hydrogen-bond acceptors (Lipinski definition) is 2. The van der Waals surface area contributed by atoms with E-state index in [-0.39, 0.29) is 29.8 Å². The number of benzene rings is 1. The lowest BCUT2D eigenvalue weighted by Gasteiger charge is -2.28. The summed E-state index contributed by atoms with van der Waals surface area (Å²) < 4.78 is 13.0. The summed E-state index contributed by atoms with van der Waals surface area (Å²) in [7, 11) is 5.97. The predicted octanol–water partition coefficient (Wildman–Crippen LogP) is 2.93. The van der Waals surface area contributed by atoms with Gasteiger partial charge in [0.15, 0.2) is 5.96 Å². The maximum Gasteiger partial charge on any atom is 0.193 e. The number of hydrogen-bond donors (Lipinski definition) is 1. The Kier molecular flexibility index (Phi) is 8.25. The quantitative estimate of drug-likeness (QED) is 0.425. The van der Waals surface area contributed by atoms with Gasteiger partial charge >= 0.3 is 0 Å². The van der Waals surface area contributed by atoms with Crippen LogP contribution >= 0.6 is 24.0 Å². The van der Waals surface area contributed by atoms with Crippen LogP contribution in [0.5, 0.6) is 0 Å². The van der Waals surface area contributed by atoms with E-state index in [4.69, 9.17) is 0 Å². The molecule has 1 aromatic carbocycles. The second-order valence-corrected chi connectivity index (χ2v) is 6.16. The van der Waals surface area contributed by atoms with Crippen molar-refractivity contribution >= 4 is 29.9 Å². The van der Waals surface area contributed by atoms with Gasteiger partial charge in [0.05, 0.1) is 0 Å². The average molecular weight is 434 g/mol. The molecule has 1 saturated carbocycles.